The van der Waals surface area contributed by atoms with Crippen LogP contribution in [0.2, 0.25) is 0 Å². The first-order valence-corrected chi connectivity index (χ1v) is 10.2. The quantitative estimate of drug-likeness (QED) is 0.297. The molecule has 0 aliphatic carbocycles. The second-order valence-corrected chi connectivity index (χ2v) is 7.35. The summed E-state index contributed by atoms with van der Waals surface area (Å²) in [4.78, 5) is 4.76. The Kier molecular flexibility index (Phi) is 8.03. The first-order valence-electron chi connectivity index (χ1n) is 10.2. The number of hydrogen-bond donors (Lipinski definition) is 2. The Balaban J connectivity index is 0.00000256. The van der Waals surface area contributed by atoms with Crippen molar-refractivity contribution in [2.75, 3.05) is 26.3 Å². The third-order valence-corrected chi connectivity index (χ3v) is 5.54. The molecule has 0 atom stereocenters. The predicted molar refractivity (Wildman–Crippen MR) is 129 cm³/mol. The maximum absolute atomic E-state index is 5.65. The Morgan fingerprint density at radius 3 is 2.60 bits per heavy atom. The van der Waals surface area contributed by atoms with Gasteiger partial charge in [0.25, 0.3) is 0 Å². The summed E-state index contributed by atoms with van der Waals surface area (Å²) in [6.45, 7) is 5.72. The molecule has 1 aliphatic heterocycles. The zero-order valence-corrected chi connectivity index (χ0v) is 19.6. The lowest BCUT2D eigenvalue weighted by Gasteiger charge is -2.38. The van der Waals surface area contributed by atoms with Crippen LogP contribution in [0.25, 0.3) is 5.65 Å². The van der Waals surface area contributed by atoms with Crippen LogP contribution in [-0.2, 0) is 16.7 Å². The molecule has 8 heteroatoms. The van der Waals surface area contributed by atoms with E-state index in [2.05, 4.69) is 58.1 Å². The van der Waals surface area contributed by atoms with Crippen LogP contribution in [0.4, 0.5) is 0 Å². The van der Waals surface area contributed by atoms with Gasteiger partial charge >= 0.3 is 0 Å². The minimum absolute atomic E-state index is 0. The number of guanidine groups is 1. The third kappa shape index (κ3) is 5.10. The van der Waals surface area contributed by atoms with E-state index in [9.17, 15) is 0 Å². The molecule has 160 valence electrons. The molecular weight excluding hydrogens is 491 g/mol. The molecule has 0 radical (unpaired) electrons. The molecule has 3 heterocycles. The average Bonchev–Trinajstić information content (AvgIpc) is 3.20. The van der Waals surface area contributed by atoms with Gasteiger partial charge in [-0.2, -0.15) is 0 Å². The Morgan fingerprint density at radius 2 is 1.83 bits per heavy atom. The van der Waals surface area contributed by atoms with E-state index in [0.717, 1.165) is 56.6 Å². The van der Waals surface area contributed by atoms with Crippen molar-refractivity contribution in [3.05, 3.63) is 66.1 Å². The molecule has 1 fully saturated rings. The Hall–Kier alpha value is -2.20. The van der Waals surface area contributed by atoms with Gasteiger partial charge in [-0.3, -0.25) is 4.40 Å². The Labute approximate surface area is 194 Å². The summed E-state index contributed by atoms with van der Waals surface area (Å²) in [5.74, 6) is 1.61. The first-order chi connectivity index (χ1) is 14.3. The van der Waals surface area contributed by atoms with Crippen molar-refractivity contribution in [3.8, 4) is 0 Å². The summed E-state index contributed by atoms with van der Waals surface area (Å²) in [5.41, 5.74) is 2.24. The number of pyridine rings is 1. The van der Waals surface area contributed by atoms with Crippen LogP contribution in [0, 0.1) is 0 Å². The van der Waals surface area contributed by atoms with Gasteiger partial charge in [0.05, 0.1) is 0 Å². The number of rotatable bonds is 6. The van der Waals surface area contributed by atoms with E-state index >= 15 is 0 Å². The van der Waals surface area contributed by atoms with Crippen molar-refractivity contribution < 1.29 is 4.74 Å². The van der Waals surface area contributed by atoms with Crippen molar-refractivity contribution in [2.45, 2.75) is 31.7 Å². The van der Waals surface area contributed by atoms with Crippen molar-refractivity contribution in [1.29, 1.82) is 0 Å². The van der Waals surface area contributed by atoms with Gasteiger partial charge in [0.2, 0.25) is 0 Å². The van der Waals surface area contributed by atoms with Crippen molar-refractivity contribution >= 4 is 35.6 Å². The SMILES string of the molecule is CCNC(=NCc1nnc2ccccn12)NCC1(c2ccccc2)CCOCC1.I. The van der Waals surface area contributed by atoms with Gasteiger partial charge in [0, 0.05) is 37.9 Å². The molecule has 1 aromatic carbocycles. The highest BCUT2D eigenvalue weighted by Gasteiger charge is 2.34. The summed E-state index contributed by atoms with van der Waals surface area (Å²) < 4.78 is 7.62. The zero-order valence-electron chi connectivity index (χ0n) is 17.3. The Bertz CT molecular complexity index is 952. The van der Waals surface area contributed by atoms with Crippen molar-refractivity contribution in [3.63, 3.8) is 0 Å². The smallest absolute Gasteiger partial charge is 0.191 e. The van der Waals surface area contributed by atoms with E-state index in [4.69, 9.17) is 9.73 Å². The van der Waals surface area contributed by atoms with Crippen molar-refractivity contribution in [1.82, 2.24) is 25.2 Å². The molecule has 0 spiro atoms. The number of hydrogen-bond acceptors (Lipinski definition) is 4. The van der Waals surface area contributed by atoms with Gasteiger partial charge < -0.3 is 15.4 Å². The number of aliphatic imine (C=N–C) groups is 1. The summed E-state index contributed by atoms with van der Waals surface area (Å²) in [6, 6.07) is 16.6. The van der Waals surface area contributed by atoms with E-state index < -0.39 is 0 Å². The fourth-order valence-corrected chi connectivity index (χ4v) is 3.86. The van der Waals surface area contributed by atoms with E-state index in [1.807, 2.05) is 28.8 Å². The highest BCUT2D eigenvalue weighted by Crippen LogP contribution is 2.34. The molecule has 7 nitrogen and oxygen atoms in total. The molecule has 3 aromatic rings. The van der Waals surface area contributed by atoms with E-state index in [-0.39, 0.29) is 29.4 Å². The second kappa shape index (κ2) is 10.7. The fourth-order valence-electron chi connectivity index (χ4n) is 3.86. The number of halogens is 1. The molecule has 2 aromatic heterocycles. The summed E-state index contributed by atoms with van der Waals surface area (Å²) in [6.07, 6.45) is 3.96. The lowest BCUT2D eigenvalue weighted by atomic mass is 9.74. The third-order valence-electron chi connectivity index (χ3n) is 5.54. The standard InChI is InChI=1S/C22H28N6O.HI/c1-2-23-21(24-16-20-27-26-19-10-6-7-13-28(19)20)25-17-22(11-14-29-15-12-22)18-8-4-3-5-9-18;/h3-10,13H,2,11-12,14-17H2,1H3,(H2,23,24,25);1H. The number of nitrogens with one attached hydrogen (secondary N) is 2. The zero-order chi connectivity index (χ0) is 19.9. The normalized spacial score (nSPS) is 16.1. The molecule has 0 bridgehead atoms. The van der Waals surface area contributed by atoms with Crippen LogP contribution in [0.15, 0.2) is 59.7 Å². The molecule has 0 amide bonds. The van der Waals surface area contributed by atoms with Gasteiger partial charge in [-0.1, -0.05) is 36.4 Å². The summed E-state index contributed by atoms with van der Waals surface area (Å²) in [5, 5.41) is 15.4. The maximum Gasteiger partial charge on any atom is 0.191 e. The van der Waals surface area contributed by atoms with Gasteiger partial charge in [0.15, 0.2) is 17.4 Å². The lowest BCUT2D eigenvalue weighted by Crippen LogP contribution is -2.48. The number of fused-ring (bicyclic) bond motifs is 1. The monoisotopic (exact) mass is 520 g/mol. The second-order valence-electron chi connectivity index (χ2n) is 7.35. The maximum atomic E-state index is 5.65. The van der Waals surface area contributed by atoms with Crippen LogP contribution in [-0.4, -0.2) is 46.9 Å². The summed E-state index contributed by atoms with van der Waals surface area (Å²) in [7, 11) is 0. The minimum Gasteiger partial charge on any atom is -0.381 e. The molecule has 0 saturated carbocycles. The van der Waals surface area contributed by atoms with E-state index in [0.29, 0.717) is 6.54 Å². The predicted octanol–water partition coefficient (Wildman–Crippen LogP) is 3.15. The van der Waals surface area contributed by atoms with Gasteiger partial charge in [-0.25, -0.2) is 4.99 Å². The lowest BCUT2D eigenvalue weighted by molar-refractivity contribution is 0.0514. The Morgan fingerprint density at radius 1 is 1.07 bits per heavy atom. The summed E-state index contributed by atoms with van der Waals surface area (Å²) >= 11 is 0. The number of nitrogens with zero attached hydrogens (tertiary/aromatic N) is 4. The van der Waals surface area contributed by atoms with Crippen molar-refractivity contribution in [2.24, 2.45) is 4.99 Å². The van der Waals surface area contributed by atoms with Crippen LogP contribution in [0.3, 0.4) is 0 Å². The molecule has 2 N–H and O–H groups in total. The molecule has 30 heavy (non-hydrogen) atoms. The highest BCUT2D eigenvalue weighted by molar-refractivity contribution is 14.0. The van der Waals surface area contributed by atoms with Crippen LogP contribution >= 0.6 is 24.0 Å². The van der Waals surface area contributed by atoms with Crippen LogP contribution in [0.1, 0.15) is 31.2 Å². The molecular formula is C22H29IN6O. The molecule has 1 aliphatic rings. The molecule has 4 rings (SSSR count). The first kappa shape index (κ1) is 22.5. The molecule has 0 unspecified atom stereocenters. The van der Waals surface area contributed by atoms with Gasteiger partial charge in [-0.15, -0.1) is 34.2 Å². The number of benzene rings is 1. The van der Waals surface area contributed by atoms with Gasteiger partial charge in [-0.05, 0) is 37.5 Å². The number of aromatic nitrogens is 3. The largest absolute Gasteiger partial charge is 0.381 e. The molecule has 1 saturated heterocycles. The number of ether oxygens (including phenoxy) is 1. The highest BCUT2D eigenvalue weighted by atomic mass is 127. The van der Waals surface area contributed by atoms with E-state index in [1.54, 1.807) is 0 Å². The average molecular weight is 520 g/mol. The van der Waals surface area contributed by atoms with Crippen LogP contribution < -0.4 is 10.6 Å². The van der Waals surface area contributed by atoms with E-state index in [1.165, 1.54) is 5.56 Å². The van der Waals surface area contributed by atoms with Crippen LogP contribution in [0.5, 0.6) is 0 Å². The minimum atomic E-state index is 0. The topological polar surface area (TPSA) is 75.8 Å². The fraction of sp³-hybridized carbons (Fsp3) is 0.409. The van der Waals surface area contributed by atoms with Gasteiger partial charge in [0.1, 0.15) is 6.54 Å².